The maximum atomic E-state index is 14.0. The number of anilines is 1. The second-order valence-electron chi connectivity index (χ2n) is 5.82. The van der Waals surface area contributed by atoms with E-state index < -0.39 is 0 Å². The van der Waals surface area contributed by atoms with E-state index in [0.29, 0.717) is 11.4 Å². The van der Waals surface area contributed by atoms with Crippen LogP contribution in [0.4, 0.5) is 10.1 Å². The summed E-state index contributed by atoms with van der Waals surface area (Å²) in [6.45, 7) is 1.09. The van der Waals surface area contributed by atoms with E-state index in [1.165, 1.54) is 38.5 Å². The van der Waals surface area contributed by atoms with Crippen molar-refractivity contribution >= 4 is 21.6 Å². The quantitative estimate of drug-likeness (QED) is 0.700. The van der Waals surface area contributed by atoms with Gasteiger partial charge in [0.15, 0.2) is 0 Å². The van der Waals surface area contributed by atoms with Gasteiger partial charge in [0.1, 0.15) is 5.82 Å². The molecular formula is C16H21BrFN. The fraction of sp³-hybridized carbons (Fsp3) is 0.625. The predicted molar refractivity (Wildman–Crippen MR) is 81.4 cm³/mol. The molecule has 2 atom stereocenters. The van der Waals surface area contributed by atoms with Crippen molar-refractivity contribution < 1.29 is 4.39 Å². The van der Waals surface area contributed by atoms with Gasteiger partial charge in [-0.2, -0.15) is 0 Å². The second kappa shape index (κ2) is 5.82. The minimum atomic E-state index is -0.0766. The average molecular weight is 326 g/mol. The molecule has 1 aromatic rings. The van der Waals surface area contributed by atoms with Crippen molar-refractivity contribution in [1.29, 1.82) is 0 Å². The van der Waals surface area contributed by atoms with Crippen molar-refractivity contribution in [1.82, 2.24) is 0 Å². The Morgan fingerprint density at radius 1 is 1.16 bits per heavy atom. The van der Waals surface area contributed by atoms with E-state index >= 15 is 0 Å². The van der Waals surface area contributed by atoms with Crippen LogP contribution in [0.2, 0.25) is 0 Å². The molecule has 1 saturated carbocycles. The lowest BCUT2D eigenvalue weighted by Gasteiger charge is -2.46. The minimum absolute atomic E-state index is 0.0766. The van der Waals surface area contributed by atoms with Crippen molar-refractivity contribution in [2.75, 3.05) is 11.4 Å². The number of piperidine rings is 1. The van der Waals surface area contributed by atoms with Gasteiger partial charge in [-0.05, 0) is 43.7 Å². The van der Waals surface area contributed by atoms with Crippen LogP contribution in [-0.4, -0.2) is 12.6 Å². The SMILES string of the molecule is Fc1cccc(N2CCCC3CCCCC32)c1CBr. The van der Waals surface area contributed by atoms with Gasteiger partial charge in [-0.25, -0.2) is 4.39 Å². The zero-order valence-electron chi connectivity index (χ0n) is 11.2. The summed E-state index contributed by atoms with van der Waals surface area (Å²) in [5, 5.41) is 0.600. The molecule has 2 aliphatic rings. The number of nitrogens with zero attached hydrogens (tertiary/aromatic N) is 1. The van der Waals surface area contributed by atoms with Crippen LogP contribution in [0, 0.1) is 11.7 Å². The molecule has 0 bridgehead atoms. The van der Waals surface area contributed by atoms with Crippen LogP contribution in [0.3, 0.4) is 0 Å². The summed E-state index contributed by atoms with van der Waals surface area (Å²) >= 11 is 3.45. The van der Waals surface area contributed by atoms with E-state index in [-0.39, 0.29) is 5.82 Å². The van der Waals surface area contributed by atoms with Crippen LogP contribution >= 0.6 is 15.9 Å². The average Bonchev–Trinajstić information content (AvgIpc) is 2.46. The van der Waals surface area contributed by atoms with Crippen molar-refractivity contribution in [3.63, 3.8) is 0 Å². The molecule has 1 heterocycles. The molecule has 0 N–H and O–H groups in total. The van der Waals surface area contributed by atoms with Crippen LogP contribution in [-0.2, 0) is 5.33 Å². The van der Waals surface area contributed by atoms with Crippen molar-refractivity contribution in [3.05, 3.63) is 29.6 Å². The highest BCUT2D eigenvalue weighted by molar-refractivity contribution is 9.08. The molecule has 2 unspecified atom stereocenters. The maximum Gasteiger partial charge on any atom is 0.129 e. The van der Waals surface area contributed by atoms with E-state index in [2.05, 4.69) is 26.9 Å². The van der Waals surface area contributed by atoms with Gasteiger partial charge in [0, 0.05) is 29.2 Å². The van der Waals surface area contributed by atoms with Crippen molar-refractivity contribution in [2.45, 2.75) is 49.9 Å². The fourth-order valence-electron chi connectivity index (χ4n) is 3.87. The number of hydrogen-bond donors (Lipinski definition) is 0. The Labute approximate surface area is 123 Å². The molecule has 104 valence electrons. The van der Waals surface area contributed by atoms with E-state index in [0.717, 1.165) is 23.7 Å². The minimum Gasteiger partial charge on any atom is -0.368 e. The molecule has 0 spiro atoms. The summed E-state index contributed by atoms with van der Waals surface area (Å²) in [5.74, 6) is 0.751. The first-order valence-corrected chi connectivity index (χ1v) is 8.53. The largest absolute Gasteiger partial charge is 0.368 e. The maximum absolute atomic E-state index is 14.0. The normalized spacial score (nSPS) is 27.2. The first-order valence-electron chi connectivity index (χ1n) is 7.41. The van der Waals surface area contributed by atoms with Gasteiger partial charge in [-0.1, -0.05) is 34.8 Å². The van der Waals surface area contributed by atoms with Gasteiger partial charge < -0.3 is 4.90 Å². The standard InChI is InChI=1S/C16H21BrFN/c17-11-13-14(18)7-3-9-16(13)19-10-4-6-12-5-1-2-8-15(12)19/h3,7,9,12,15H,1-2,4-6,8,10-11H2. The third-order valence-electron chi connectivity index (χ3n) is 4.78. The van der Waals surface area contributed by atoms with Crippen LogP contribution in [0.1, 0.15) is 44.1 Å². The lowest BCUT2D eigenvalue weighted by Crippen LogP contribution is -2.47. The Hall–Kier alpha value is -0.570. The van der Waals surface area contributed by atoms with Crippen molar-refractivity contribution in [2.24, 2.45) is 5.92 Å². The molecule has 1 nitrogen and oxygen atoms in total. The van der Waals surface area contributed by atoms with Crippen LogP contribution in [0.5, 0.6) is 0 Å². The zero-order chi connectivity index (χ0) is 13.2. The highest BCUT2D eigenvalue weighted by Gasteiger charge is 2.34. The Bertz CT molecular complexity index is 446. The Kier molecular flexibility index (Phi) is 4.11. The number of hydrogen-bond acceptors (Lipinski definition) is 1. The summed E-state index contributed by atoms with van der Waals surface area (Å²) in [4.78, 5) is 2.49. The van der Waals surface area contributed by atoms with E-state index in [1.54, 1.807) is 6.07 Å². The molecule has 0 aromatic heterocycles. The third kappa shape index (κ3) is 2.54. The van der Waals surface area contributed by atoms with Gasteiger partial charge >= 0.3 is 0 Å². The highest BCUT2D eigenvalue weighted by atomic mass is 79.9. The first kappa shape index (κ1) is 13.4. The molecule has 1 aliphatic carbocycles. The van der Waals surface area contributed by atoms with Crippen LogP contribution in [0.25, 0.3) is 0 Å². The Balaban J connectivity index is 1.94. The number of halogens is 2. The van der Waals surface area contributed by atoms with E-state index in [9.17, 15) is 4.39 Å². The number of alkyl halides is 1. The van der Waals surface area contributed by atoms with Gasteiger partial charge in [0.05, 0.1) is 0 Å². The summed E-state index contributed by atoms with van der Waals surface area (Å²) in [5.41, 5.74) is 1.95. The van der Waals surface area contributed by atoms with Gasteiger partial charge in [0.2, 0.25) is 0 Å². The molecule has 1 aliphatic heterocycles. The van der Waals surface area contributed by atoms with Gasteiger partial charge in [-0.3, -0.25) is 0 Å². The molecule has 19 heavy (non-hydrogen) atoms. The molecule has 3 heteroatoms. The fourth-order valence-corrected chi connectivity index (χ4v) is 4.43. The van der Waals surface area contributed by atoms with Crippen LogP contribution in [0.15, 0.2) is 18.2 Å². The Morgan fingerprint density at radius 2 is 1.95 bits per heavy atom. The lowest BCUT2D eigenvalue weighted by atomic mass is 9.78. The highest BCUT2D eigenvalue weighted by Crippen LogP contribution is 2.39. The Morgan fingerprint density at radius 3 is 2.79 bits per heavy atom. The summed E-state index contributed by atoms with van der Waals surface area (Å²) < 4.78 is 14.0. The van der Waals surface area contributed by atoms with Crippen molar-refractivity contribution in [3.8, 4) is 0 Å². The summed E-state index contributed by atoms with van der Waals surface area (Å²) in [7, 11) is 0. The first-order chi connectivity index (χ1) is 9.31. The monoisotopic (exact) mass is 325 g/mol. The number of fused-ring (bicyclic) bond motifs is 1. The van der Waals surface area contributed by atoms with Crippen LogP contribution < -0.4 is 4.90 Å². The number of rotatable bonds is 2. The van der Waals surface area contributed by atoms with Gasteiger partial charge in [0.25, 0.3) is 0 Å². The molecule has 2 fully saturated rings. The summed E-state index contributed by atoms with van der Waals surface area (Å²) in [6.07, 6.45) is 7.96. The third-order valence-corrected chi connectivity index (χ3v) is 5.34. The van der Waals surface area contributed by atoms with E-state index in [4.69, 9.17) is 0 Å². The zero-order valence-corrected chi connectivity index (χ0v) is 12.8. The molecular weight excluding hydrogens is 305 g/mol. The molecule has 0 amide bonds. The molecule has 1 saturated heterocycles. The number of benzene rings is 1. The molecule has 3 rings (SSSR count). The topological polar surface area (TPSA) is 3.24 Å². The molecule has 1 aromatic carbocycles. The molecule has 0 radical (unpaired) electrons. The smallest absolute Gasteiger partial charge is 0.129 e. The summed E-state index contributed by atoms with van der Waals surface area (Å²) in [6, 6.07) is 6.16. The van der Waals surface area contributed by atoms with E-state index in [1.807, 2.05) is 6.07 Å². The second-order valence-corrected chi connectivity index (χ2v) is 6.38. The lowest BCUT2D eigenvalue weighted by molar-refractivity contribution is 0.243. The predicted octanol–water partition coefficient (Wildman–Crippen LogP) is 4.88. The van der Waals surface area contributed by atoms with Gasteiger partial charge in [-0.15, -0.1) is 0 Å².